The van der Waals surface area contributed by atoms with Crippen molar-refractivity contribution in [3.8, 4) is 0 Å². The first-order valence-electron chi connectivity index (χ1n) is 7.29. The standard InChI is InChI=1S/C14H21N3O3/c1-3-19-13(18)12-8-20-14(16-12)17(2)11-6-9-4-5-10(7-11)15-9/h8-11,15H,3-7H2,1-2H3. The Hall–Kier alpha value is -1.56. The molecule has 2 atom stereocenters. The molecule has 6 heteroatoms. The zero-order valence-electron chi connectivity index (χ0n) is 12.0. The second kappa shape index (κ2) is 5.44. The number of ether oxygens (including phenoxy) is 1. The Labute approximate surface area is 118 Å². The van der Waals surface area contributed by atoms with Gasteiger partial charge in [-0.25, -0.2) is 4.79 Å². The Balaban J connectivity index is 1.68. The maximum absolute atomic E-state index is 11.6. The van der Waals surface area contributed by atoms with E-state index in [4.69, 9.17) is 9.15 Å². The number of nitrogens with zero attached hydrogens (tertiary/aromatic N) is 2. The third-order valence-corrected chi connectivity index (χ3v) is 4.27. The lowest BCUT2D eigenvalue weighted by Gasteiger charge is -2.34. The molecule has 0 spiro atoms. The molecule has 110 valence electrons. The number of oxazole rings is 1. The van der Waals surface area contributed by atoms with Crippen LogP contribution in [0, 0.1) is 0 Å². The van der Waals surface area contributed by atoms with Crippen molar-refractivity contribution < 1.29 is 13.9 Å². The van der Waals surface area contributed by atoms with Gasteiger partial charge in [0.2, 0.25) is 0 Å². The number of aromatic nitrogens is 1. The van der Waals surface area contributed by atoms with Crippen LogP contribution in [0.2, 0.25) is 0 Å². The van der Waals surface area contributed by atoms with Crippen molar-refractivity contribution in [2.75, 3.05) is 18.6 Å². The Morgan fingerprint density at radius 1 is 1.50 bits per heavy atom. The molecule has 0 aliphatic carbocycles. The second-order valence-corrected chi connectivity index (χ2v) is 5.61. The molecule has 2 fully saturated rings. The first-order valence-corrected chi connectivity index (χ1v) is 7.29. The molecule has 2 saturated heterocycles. The molecule has 1 aromatic heterocycles. The number of esters is 1. The number of carbonyl (C=O) groups excluding carboxylic acids is 1. The van der Waals surface area contributed by atoms with Crippen molar-refractivity contribution in [3.05, 3.63) is 12.0 Å². The number of anilines is 1. The number of rotatable bonds is 4. The maximum Gasteiger partial charge on any atom is 0.360 e. The number of piperidine rings is 1. The molecule has 0 saturated carbocycles. The molecule has 2 aliphatic heterocycles. The predicted octanol–water partition coefficient (Wildman–Crippen LogP) is 1.57. The number of carbonyl (C=O) groups is 1. The summed E-state index contributed by atoms with van der Waals surface area (Å²) in [5.41, 5.74) is 0.241. The third kappa shape index (κ3) is 2.52. The zero-order valence-corrected chi connectivity index (χ0v) is 12.0. The van der Waals surface area contributed by atoms with Gasteiger partial charge in [0.15, 0.2) is 5.69 Å². The largest absolute Gasteiger partial charge is 0.461 e. The van der Waals surface area contributed by atoms with Crippen LogP contribution in [0.25, 0.3) is 0 Å². The van der Waals surface area contributed by atoms with Crippen LogP contribution in [0.5, 0.6) is 0 Å². The molecule has 0 amide bonds. The average molecular weight is 279 g/mol. The van der Waals surface area contributed by atoms with Crippen LogP contribution in [0.4, 0.5) is 6.01 Å². The van der Waals surface area contributed by atoms with Crippen LogP contribution in [-0.4, -0.2) is 42.7 Å². The average Bonchev–Trinajstić information content (AvgIpc) is 3.05. The van der Waals surface area contributed by atoms with Crippen LogP contribution in [0.15, 0.2) is 10.7 Å². The van der Waals surface area contributed by atoms with Gasteiger partial charge >= 0.3 is 5.97 Å². The smallest absolute Gasteiger partial charge is 0.360 e. The highest BCUT2D eigenvalue weighted by molar-refractivity contribution is 5.87. The van der Waals surface area contributed by atoms with Crippen molar-refractivity contribution >= 4 is 12.0 Å². The summed E-state index contributed by atoms with van der Waals surface area (Å²) in [6, 6.07) is 2.14. The van der Waals surface area contributed by atoms with Crippen molar-refractivity contribution in [1.29, 1.82) is 0 Å². The minimum Gasteiger partial charge on any atom is -0.461 e. The van der Waals surface area contributed by atoms with Gasteiger partial charge in [-0.2, -0.15) is 4.98 Å². The molecule has 2 unspecified atom stereocenters. The van der Waals surface area contributed by atoms with E-state index in [2.05, 4.69) is 15.2 Å². The van der Waals surface area contributed by atoms with E-state index >= 15 is 0 Å². The summed E-state index contributed by atoms with van der Waals surface area (Å²) in [4.78, 5) is 17.9. The van der Waals surface area contributed by atoms with E-state index in [9.17, 15) is 4.79 Å². The van der Waals surface area contributed by atoms with Crippen molar-refractivity contribution in [2.45, 2.75) is 50.7 Å². The summed E-state index contributed by atoms with van der Waals surface area (Å²) >= 11 is 0. The van der Waals surface area contributed by atoms with Crippen LogP contribution in [0.1, 0.15) is 43.1 Å². The van der Waals surface area contributed by atoms with Crippen LogP contribution >= 0.6 is 0 Å². The molecule has 1 N–H and O–H groups in total. The van der Waals surface area contributed by atoms with Crippen molar-refractivity contribution in [3.63, 3.8) is 0 Å². The third-order valence-electron chi connectivity index (χ3n) is 4.27. The SMILES string of the molecule is CCOC(=O)c1coc(N(C)C2CC3CCC(C2)N3)n1. The van der Waals surface area contributed by atoms with Crippen LogP contribution in [0.3, 0.4) is 0 Å². The molecule has 2 bridgehead atoms. The lowest BCUT2D eigenvalue weighted by molar-refractivity contribution is 0.0519. The Bertz CT molecular complexity index is 476. The number of hydrogen-bond acceptors (Lipinski definition) is 6. The van der Waals surface area contributed by atoms with Gasteiger partial charge < -0.3 is 19.4 Å². The van der Waals surface area contributed by atoms with E-state index in [1.807, 2.05) is 7.05 Å². The molecule has 1 aromatic rings. The Morgan fingerprint density at radius 3 is 2.85 bits per heavy atom. The second-order valence-electron chi connectivity index (χ2n) is 5.61. The zero-order chi connectivity index (χ0) is 14.1. The monoisotopic (exact) mass is 279 g/mol. The van der Waals surface area contributed by atoms with Gasteiger partial charge in [0.05, 0.1) is 6.61 Å². The minimum absolute atomic E-state index is 0.241. The topological polar surface area (TPSA) is 67.6 Å². The molecular weight excluding hydrogens is 258 g/mol. The predicted molar refractivity (Wildman–Crippen MR) is 73.8 cm³/mol. The van der Waals surface area contributed by atoms with Gasteiger partial charge in [-0.3, -0.25) is 0 Å². The normalized spacial score (nSPS) is 28.4. The minimum atomic E-state index is -0.429. The lowest BCUT2D eigenvalue weighted by atomic mass is 9.99. The van der Waals surface area contributed by atoms with E-state index in [-0.39, 0.29) is 5.69 Å². The first kappa shape index (κ1) is 13.4. The lowest BCUT2D eigenvalue weighted by Crippen LogP contribution is -2.47. The summed E-state index contributed by atoms with van der Waals surface area (Å²) in [5.74, 6) is -0.429. The Kier molecular flexibility index (Phi) is 3.65. The number of hydrogen-bond donors (Lipinski definition) is 1. The highest BCUT2D eigenvalue weighted by Crippen LogP contribution is 2.31. The molecule has 3 rings (SSSR count). The molecule has 2 aliphatic rings. The van der Waals surface area contributed by atoms with E-state index in [1.165, 1.54) is 19.1 Å². The summed E-state index contributed by atoms with van der Waals surface area (Å²) in [6.45, 7) is 2.12. The van der Waals surface area contributed by atoms with Gasteiger partial charge in [-0.15, -0.1) is 0 Å². The fourth-order valence-corrected chi connectivity index (χ4v) is 3.22. The van der Waals surface area contributed by atoms with Crippen LogP contribution < -0.4 is 10.2 Å². The highest BCUT2D eigenvalue weighted by atomic mass is 16.5. The maximum atomic E-state index is 11.6. The fraction of sp³-hybridized carbons (Fsp3) is 0.714. The van der Waals surface area contributed by atoms with Gasteiger partial charge in [-0.05, 0) is 32.6 Å². The molecule has 0 aromatic carbocycles. The number of fused-ring (bicyclic) bond motifs is 2. The van der Waals surface area contributed by atoms with Crippen molar-refractivity contribution in [1.82, 2.24) is 10.3 Å². The summed E-state index contributed by atoms with van der Waals surface area (Å²) in [7, 11) is 1.98. The molecule has 20 heavy (non-hydrogen) atoms. The molecular formula is C14H21N3O3. The summed E-state index contributed by atoms with van der Waals surface area (Å²) < 4.78 is 10.4. The van der Waals surface area contributed by atoms with E-state index in [0.29, 0.717) is 30.7 Å². The van der Waals surface area contributed by atoms with Crippen LogP contribution in [-0.2, 0) is 4.74 Å². The first-order chi connectivity index (χ1) is 9.67. The summed E-state index contributed by atoms with van der Waals surface area (Å²) in [5, 5.41) is 3.61. The molecule has 6 nitrogen and oxygen atoms in total. The highest BCUT2D eigenvalue weighted by Gasteiger charge is 2.36. The number of nitrogens with one attached hydrogen (secondary N) is 1. The molecule has 0 radical (unpaired) electrons. The Morgan fingerprint density at radius 2 is 2.20 bits per heavy atom. The fourth-order valence-electron chi connectivity index (χ4n) is 3.22. The van der Waals surface area contributed by atoms with Gasteiger partial charge in [0.25, 0.3) is 6.01 Å². The van der Waals surface area contributed by atoms with Gasteiger partial charge in [-0.1, -0.05) is 0 Å². The van der Waals surface area contributed by atoms with Gasteiger partial charge in [0, 0.05) is 25.2 Å². The van der Waals surface area contributed by atoms with E-state index < -0.39 is 5.97 Å². The molecule has 3 heterocycles. The van der Waals surface area contributed by atoms with E-state index in [1.54, 1.807) is 6.92 Å². The van der Waals surface area contributed by atoms with Crippen molar-refractivity contribution in [2.24, 2.45) is 0 Å². The van der Waals surface area contributed by atoms with Gasteiger partial charge in [0.1, 0.15) is 6.26 Å². The summed E-state index contributed by atoms with van der Waals surface area (Å²) in [6.07, 6.45) is 6.09. The quantitative estimate of drug-likeness (QED) is 0.844. The van der Waals surface area contributed by atoms with E-state index in [0.717, 1.165) is 12.8 Å².